The van der Waals surface area contributed by atoms with Crippen molar-refractivity contribution in [1.82, 2.24) is 9.55 Å². The second-order valence-electron chi connectivity index (χ2n) is 11.5. The van der Waals surface area contributed by atoms with Crippen molar-refractivity contribution < 1.29 is 23.1 Å². The fraction of sp³-hybridized carbons (Fsp3) is 0.222. The standard InChI is InChI=1S/C31H25N2O3P.C5H10O2/c1-3-35-37(34,36-4-2)28-17-16-21-18-22(30-31-25-13-7-8-15-27(25)33(30)31)19-26(29(21)32-28)24-14-9-11-20-10-5-6-12-23(20)24;1-5(2,3)7-4-6/h5-19H,3-4H2,1-2H3;4H,1-3H3. The number of para-hydroxylation sites is 1. The zero-order valence-corrected chi connectivity index (χ0v) is 26.4. The van der Waals surface area contributed by atoms with Crippen molar-refractivity contribution in [2.45, 2.75) is 40.2 Å². The zero-order valence-electron chi connectivity index (χ0n) is 25.5. The Morgan fingerprint density at radius 3 is 2.14 bits per heavy atom. The quantitative estimate of drug-likeness (QED) is 0.127. The smallest absolute Gasteiger partial charge is 0.379 e. The molecule has 7 nitrogen and oxygen atoms in total. The highest BCUT2D eigenvalue weighted by Crippen LogP contribution is 2.52. The van der Waals surface area contributed by atoms with E-state index in [4.69, 9.17) is 14.0 Å². The van der Waals surface area contributed by atoms with E-state index >= 15 is 0 Å². The molecule has 2 aliphatic heterocycles. The molecular formula is C36H35N2O5P. The second kappa shape index (κ2) is 11.7. The molecule has 1 aromatic heterocycles. The van der Waals surface area contributed by atoms with Gasteiger partial charge < -0.3 is 18.4 Å². The summed E-state index contributed by atoms with van der Waals surface area (Å²) in [5.74, 6) is 0. The van der Waals surface area contributed by atoms with Gasteiger partial charge in [-0.05, 0) is 75.2 Å². The van der Waals surface area contributed by atoms with Crippen molar-refractivity contribution in [1.29, 1.82) is 0 Å². The fourth-order valence-corrected chi connectivity index (χ4v) is 7.07. The molecule has 0 radical (unpaired) electrons. The van der Waals surface area contributed by atoms with Crippen molar-refractivity contribution in [3.63, 3.8) is 0 Å². The average Bonchev–Trinajstić information content (AvgIpc) is 3.68. The lowest BCUT2D eigenvalue weighted by Gasteiger charge is -2.18. The summed E-state index contributed by atoms with van der Waals surface area (Å²) >= 11 is 0. The molecule has 0 bridgehead atoms. The minimum atomic E-state index is -3.53. The van der Waals surface area contributed by atoms with E-state index in [1.807, 2.05) is 40.7 Å². The molecule has 0 spiro atoms. The van der Waals surface area contributed by atoms with Gasteiger partial charge in [-0.3, -0.25) is 9.36 Å². The summed E-state index contributed by atoms with van der Waals surface area (Å²) in [6.07, 6.45) is 0. The summed E-state index contributed by atoms with van der Waals surface area (Å²) in [6, 6.07) is 31.4. The highest BCUT2D eigenvalue weighted by atomic mass is 31.2. The molecule has 2 aliphatic rings. The van der Waals surface area contributed by atoms with Crippen molar-refractivity contribution in [2.24, 2.45) is 0 Å². The maximum atomic E-state index is 13.6. The highest BCUT2D eigenvalue weighted by Gasteiger charge is 2.34. The number of benzene rings is 4. The van der Waals surface area contributed by atoms with Crippen molar-refractivity contribution >= 4 is 52.1 Å². The minimum Gasteiger partial charge on any atom is -0.462 e. The summed E-state index contributed by atoms with van der Waals surface area (Å²) < 4.78 is 31.7. The summed E-state index contributed by atoms with van der Waals surface area (Å²) in [4.78, 5) is 14.5. The SMILES string of the molecule is CC(C)(C)OC=O.CCOP(=O)(OCC)c1ccc2cc(-c3c4c5ccccc5n3-4)cc(-c3cccc4ccccc34)c2n1. The summed E-state index contributed by atoms with van der Waals surface area (Å²) in [5, 5.41) is 4.59. The molecule has 0 atom stereocenters. The number of nitrogens with zero attached hydrogens (tertiary/aromatic N) is 2. The van der Waals surface area contributed by atoms with Crippen LogP contribution in [0.15, 0.2) is 91.0 Å². The van der Waals surface area contributed by atoms with Gasteiger partial charge in [-0.1, -0.05) is 66.7 Å². The number of rotatable bonds is 8. The lowest BCUT2D eigenvalue weighted by Crippen LogP contribution is -2.17. The Hall–Kier alpha value is -4.29. The molecule has 224 valence electrons. The van der Waals surface area contributed by atoms with E-state index in [1.54, 1.807) is 6.07 Å². The van der Waals surface area contributed by atoms with Crippen LogP contribution in [0.1, 0.15) is 34.6 Å². The molecule has 0 unspecified atom stereocenters. The van der Waals surface area contributed by atoms with E-state index in [1.165, 1.54) is 22.3 Å². The van der Waals surface area contributed by atoms with Crippen LogP contribution in [0.2, 0.25) is 0 Å². The van der Waals surface area contributed by atoms with Crippen molar-refractivity contribution in [3.05, 3.63) is 91.0 Å². The molecule has 0 saturated heterocycles. The van der Waals surface area contributed by atoms with E-state index in [-0.39, 0.29) is 18.8 Å². The van der Waals surface area contributed by atoms with E-state index in [0.29, 0.717) is 11.9 Å². The van der Waals surface area contributed by atoms with Gasteiger partial charge in [-0.25, -0.2) is 4.98 Å². The Morgan fingerprint density at radius 1 is 0.795 bits per heavy atom. The van der Waals surface area contributed by atoms with E-state index < -0.39 is 7.60 Å². The van der Waals surface area contributed by atoms with Gasteiger partial charge in [0.25, 0.3) is 6.47 Å². The first-order valence-corrected chi connectivity index (χ1v) is 16.3. The summed E-state index contributed by atoms with van der Waals surface area (Å²) in [6.45, 7) is 10.1. The third-order valence-corrected chi connectivity index (χ3v) is 9.44. The maximum Gasteiger partial charge on any atom is 0.379 e. The van der Waals surface area contributed by atoms with Gasteiger partial charge in [0.1, 0.15) is 5.60 Å². The molecule has 0 amide bonds. The van der Waals surface area contributed by atoms with Crippen LogP contribution in [0.25, 0.3) is 60.6 Å². The van der Waals surface area contributed by atoms with E-state index in [9.17, 15) is 9.36 Å². The Bertz CT molecular complexity index is 2020. The van der Waals surface area contributed by atoms with Crippen LogP contribution in [0, 0.1) is 0 Å². The molecule has 7 rings (SSSR count). The van der Waals surface area contributed by atoms with E-state index in [0.717, 1.165) is 38.4 Å². The number of aromatic nitrogens is 2. The maximum absolute atomic E-state index is 13.6. The first-order valence-electron chi connectivity index (χ1n) is 14.8. The third kappa shape index (κ3) is 5.43. The van der Waals surface area contributed by atoms with Gasteiger partial charge in [0.15, 0.2) is 5.44 Å². The monoisotopic (exact) mass is 606 g/mol. The van der Waals surface area contributed by atoms with Gasteiger partial charge in [0.05, 0.1) is 35.6 Å². The van der Waals surface area contributed by atoms with Crippen LogP contribution in [0.4, 0.5) is 0 Å². The van der Waals surface area contributed by atoms with Gasteiger partial charge in [-0.15, -0.1) is 0 Å². The Labute approximate surface area is 256 Å². The molecule has 3 heterocycles. The lowest BCUT2D eigenvalue weighted by atomic mass is 9.94. The molecule has 44 heavy (non-hydrogen) atoms. The molecular weight excluding hydrogens is 571 g/mol. The van der Waals surface area contributed by atoms with Gasteiger partial charge in [0.2, 0.25) is 0 Å². The lowest BCUT2D eigenvalue weighted by molar-refractivity contribution is -0.138. The molecule has 0 fully saturated rings. The summed E-state index contributed by atoms with van der Waals surface area (Å²) in [5.41, 5.74) is 7.81. The number of carbonyl (C=O) groups is 1. The van der Waals surface area contributed by atoms with Crippen LogP contribution < -0.4 is 5.44 Å². The predicted octanol–water partition coefficient (Wildman–Crippen LogP) is 8.83. The molecule has 5 aromatic rings. The average molecular weight is 607 g/mol. The van der Waals surface area contributed by atoms with Gasteiger partial charge in [-0.2, -0.15) is 0 Å². The minimum absolute atomic E-state index is 0.277. The van der Waals surface area contributed by atoms with Crippen LogP contribution in [-0.2, 0) is 23.1 Å². The third-order valence-electron chi connectivity index (χ3n) is 7.43. The Balaban J connectivity index is 0.000000441. The van der Waals surface area contributed by atoms with E-state index in [2.05, 4.69) is 88.2 Å². The number of fused-ring (bicyclic) bond motifs is 6. The molecule has 4 aromatic carbocycles. The number of pyridine rings is 1. The summed E-state index contributed by atoms with van der Waals surface area (Å²) in [7, 11) is -3.53. The van der Waals surface area contributed by atoms with Gasteiger partial charge >= 0.3 is 7.60 Å². The van der Waals surface area contributed by atoms with Crippen LogP contribution in [0.3, 0.4) is 0 Å². The van der Waals surface area contributed by atoms with Crippen molar-refractivity contribution in [2.75, 3.05) is 13.2 Å². The molecule has 0 aliphatic carbocycles. The largest absolute Gasteiger partial charge is 0.462 e. The Kier molecular flexibility index (Phi) is 7.89. The van der Waals surface area contributed by atoms with Crippen LogP contribution in [-0.4, -0.2) is 34.8 Å². The molecule has 8 heteroatoms. The van der Waals surface area contributed by atoms with Crippen LogP contribution in [0.5, 0.6) is 0 Å². The fourth-order valence-electron chi connectivity index (χ4n) is 5.57. The number of hydrogen-bond donors (Lipinski definition) is 0. The Morgan fingerprint density at radius 2 is 1.48 bits per heavy atom. The number of carbonyl (C=O) groups excluding carboxylic acids is 1. The molecule has 0 N–H and O–H groups in total. The zero-order chi connectivity index (χ0) is 31.1. The first-order chi connectivity index (χ1) is 21.2. The normalized spacial score (nSPS) is 12.3. The molecule has 0 saturated carbocycles. The first kappa shape index (κ1) is 29.8. The van der Waals surface area contributed by atoms with Gasteiger partial charge in [0, 0.05) is 21.9 Å². The second-order valence-corrected chi connectivity index (χ2v) is 13.5. The highest BCUT2D eigenvalue weighted by molar-refractivity contribution is 7.61. The number of hydrogen-bond acceptors (Lipinski definition) is 6. The topological polar surface area (TPSA) is 79.6 Å². The van der Waals surface area contributed by atoms with Crippen molar-refractivity contribution in [3.8, 4) is 28.1 Å². The number of ether oxygens (including phenoxy) is 1. The van der Waals surface area contributed by atoms with Crippen LogP contribution >= 0.6 is 7.60 Å². The predicted molar refractivity (Wildman–Crippen MR) is 178 cm³/mol.